The maximum Gasteiger partial charge on any atom is 0.267 e. The third-order valence-electron chi connectivity index (χ3n) is 1.18. The number of aromatic nitrogens is 1. The molecule has 1 aromatic rings. The van der Waals surface area contributed by atoms with Gasteiger partial charge in [0.25, 0.3) is 6.43 Å². The van der Waals surface area contributed by atoms with Crippen molar-refractivity contribution < 1.29 is 13.2 Å². The van der Waals surface area contributed by atoms with Crippen molar-refractivity contribution in [2.75, 3.05) is 0 Å². The highest BCUT2D eigenvalue weighted by Gasteiger charge is 2.20. The molecule has 0 bridgehead atoms. The lowest BCUT2D eigenvalue weighted by Crippen LogP contribution is -1.95. The molecule has 0 radical (unpaired) electrons. The molecule has 12 heavy (non-hydrogen) atoms. The molecule has 1 rings (SSSR count). The normalized spacial score (nSPS) is 10.8. The highest BCUT2D eigenvalue weighted by atomic mass is 79.9. The van der Waals surface area contributed by atoms with Crippen LogP contribution in [0.4, 0.5) is 13.2 Å². The predicted molar refractivity (Wildman–Crippen MR) is 41.9 cm³/mol. The zero-order valence-corrected chi connectivity index (χ0v) is 7.83. The minimum atomic E-state index is -2.90. The highest BCUT2D eigenvalue weighted by molar-refractivity contribution is 9.10. The van der Waals surface area contributed by atoms with E-state index in [-0.39, 0.29) is 4.47 Å². The molecule has 0 saturated carbocycles. The standard InChI is InChI=1S/C6H2BrClF3N/c7-2-1-12-5(8)4(9)3(2)6(10)11/h1,6H. The summed E-state index contributed by atoms with van der Waals surface area (Å²) in [4.78, 5) is 3.33. The summed E-state index contributed by atoms with van der Waals surface area (Å²) in [5.41, 5.74) is -0.755. The van der Waals surface area contributed by atoms with Crippen LogP contribution >= 0.6 is 27.5 Å². The molecule has 0 amide bonds. The largest absolute Gasteiger partial charge is 0.267 e. The molecule has 0 fully saturated rings. The number of nitrogens with zero attached hydrogens (tertiary/aromatic N) is 1. The lowest BCUT2D eigenvalue weighted by atomic mass is 10.3. The van der Waals surface area contributed by atoms with Gasteiger partial charge in [0.15, 0.2) is 11.0 Å². The lowest BCUT2D eigenvalue weighted by molar-refractivity contribution is 0.145. The van der Waals surface area contributed by atoms with Crippen molar-refractivity contribution in [3.05, 3.63) is 27.2 Å². The first-order valence-corrected chi connectivity index (χ1v) is 3.98. The second kappa shape index (κ2) is 3.62. The fourth-order valence-corrected chi connectivity index (χ4v) is 1.26. The molecule has 0 spiro atoms. The average molecular weight is 260 g/mol. The summed E-state index contributed by atoms with van der Waals surface area (Å²) in [6, 6.07) is 0. The van der Waals surface area contributed by atoms with Gasteiger partial charge in [0.05, 0.1) is 5.56 Å². The summed E-state index contributed by atoms with van der Waals surface area (Å²) in [5.74, 6) is -1.18. The first-order valence-electron chi connectivity index (χ1n) is 2.81. The Morgan fingerprint density at radius 3 is 2.50 bits per heavy atom. The van der Waals surface area contributed by atoms with Crippen LogP contribution in [-0.4, -0.2) is 4.98 Å². The van der Waals surface area contributed by atoms with Crippen LogP contribution in [0.2, 0.25) is 5.15 Å². The van der Waals surface area contributed by atoms with Gasteiger partial charge < -0.3 is 0 Å². The van der Waals surface area contributed by atoms with Gasteiger partial charge >= 0.3 is 0 Å². The van der Waals surface area contributed by atoms with Gasteiger partial charge in [-0.25, -0.2) is 18.2 Å². The Kier molecular flexibility index (Phi) is 2.95. The zero-order chi connectivity index (χ0) is 9.30. The molecule has 0 aliphatic rings. The monoisotopic (exact) mass is 259 g/mol. The summed E-state index contributed by atoms with van der Waals surface area (Å²) >= 11 is 7.93. The van der Waals surface area contributed by atoms with Gasteiger partial charge in [0.1, 0.15) is 0 Å². The third kappa shape index (κ3) is 1.72. The van der Waals surface area contributed by atoms with Gasteiger partial charge in [-0.3, -0.25) is 0 Å². The predicted octanol–water partition coefficient (Wildman–Crippen LogP) is 3.57. The molecule has 0 saturated heterocycles. The van der Waals surface area contributed by atoms with Gasteiger partial charge in [-0.2, -0.15) is 0 Å². The fraction of sp³-hybridized carbons (Fsp3) is 0.167. The van der Waals surface area contributed by atoms with Crippen LogP contribution < -0.4 is 0 Å². The minimum absolute atomic E-state index is 0.0839. The van der Waals surface area contributed by atoms with Crippen molar-refractivity contribution in [2.45, 2.75) is 6.43 Å². The van der Waals surface area contributed by atoms with Crippen LogP contribution in [0.3, 0.4) is 0 Å². The summed E-state index contributed by atoms with van der Waals surface area (Å²) < 4.78 is 36.9. The Hall–Kier alpha value is -0.290. The summed E-state index contributed by atoms with van der Waals surface area (Å²) in [5, 5.41) is -0.548. The summed E-state index contributed by atoms with van der Waals surface area (Å²) in [6.45, 7) is 0. The number of rotatable bonds is 1. The van der Waals surface area contributed by atoms with E-state index in [1.165, 1.54) is 0 Å². The molecule has 1 aromatic heterocycles. The van der Waals surface area contributed by atoms with Crippen LogP contribution in [-0.2, 0) is 0 Å². The molecule has 0 N–H and O–H groups in total. The molecule has 0 aliphatic carbocycles. The van der Waals surface area contributed by atoms with E-state index in [0.29, 0.717) is 0 Å². The van der Waals surface area contributed by atoms with Crippen molar-refractivity contribution in [3.8, 4) is 0 Å². The minimum Gasteiger partial charge on any atom is -0.240 e. The second-order valence-electron chi connectivity index (χ2n) is 1.93. The fourth-order valence-electron chi connectivity index (χ4n) is 0.656. The van der Waals surface area contributed by atoms with E-state index in [1.54, 1.807) is 0 Å². The number of pyridine rings is 1. The van der Waals surface area contributed by atoms with E-state index in [0.717, 1.165) is 6.20 Å². The van der Waals surface area contributed by atoms with Gasteiger partial charge in [-0.05, 0) is 15.9 Å². The lowest BCUT2D eigenvalue weighted by Gasteiger charge is -2.04. The molecule has 66 valence electrons. The Labute approximate surface area is 79.7 Å². The van der Waals surface area contributed by atoms with Crippen molar-refractivity contribution in [3.63, 3.8) is 0 Å². The van der Waals surface area contributed by atoms with Crippen LogP contribution in [0.1, 0.15) is 12.0 Å². The third-order valence-corrected chi connectivity index (χ3v) is 2.08. The summed E-state index contributed by atoms with van der Waals surface area (Å²) in [7, 11) is 0. The molecule has 1 nitrogen and oxygen atoms in total. The van der Waals surface area contributed by atoms with E-state index in [9.17, 15) is 13.2 Å². The molecule has 6 heteroatoms. The van der Waals surface area contributed by atoms with Crippen molar-refractivity contribution in [1.82, 2.24) is 4.98 Å². The van der Waals surface area contributed by atoms with E-state index in [2.05, 4.69) is 20.9 Å². The van der Waals surface area contributed by atoms with E-state index in [4.69, 9.17) is 11.6 Å². The topological polar surface area (TPSA) is 12.9 Å². The SMILES string of the molecule is Fc1c(Cl)ncc(Br)c1C(F)F. The smallest absolute Gasteiger partial charge is 0.240 e. The first kappa shape index (κ1) is 9.80. The van der Waals surface area contributed by atoms with Crippen LogP contribution in [0, 0.1) is 5.82 Å². The van der Waals surface area contributed by atoms with Crippen molar-refractivity contribution in [1.29, 1.82) is 0 Å². The Morgan fingerprint density at radius 2 is 2.08 bits per heavy atom. The maximum absolute atomic E-state index is 12.8. The number of halogens is 5. The molecule has 1 heterocycles. The van der Waals surface area contributed by atoms with Gasteiger partial charge in [0, 0.05) is 10.7 Å². The van der Waals surface area contributed by atoms with E-state index >= 15 is 0 Å². The first-order chi connectivity index (χ1) is 5.54. The van der Waals surface area contributed by atoms with E-state index in [1.807, 2.05) is 0 Å². The molecule has 0 unspecified atom stereocenters. The van der Waals surface area contributed by atoms with Gasteiger partial charge in [-0.15, -0.1) is 0 Å². The van der Waals surface area contributed by atoms with E-state index < -0.39 is 23.0 Å². The second-order valence-corrected chi connectivity index (χ2v) is 3.14. The number of hydrogen-bond donors (Lipinski definition) is 0. The number of alkyl halides is 2. The highest BCUT2D eigenvalue weighted by Crippen LogP contribution is 2.31. The Balaban J connectivity index is 3.33. The zero-order valence-electron chi connectivity index (χ0n) is 5.49. The quantitative estimate of drug-likeness (QED) is 0.703. The van der Waals surface area contributed by atoms with Crippen molar-refractivity contribution in [2.24, 2.45) is 0 Å². The van der Waals surface area contributed by atoms with Crippen LogP contribution in [0.25, 0.3) is 0 Å². The van der Waals surface area contributed by atoms with Crippen molar-refractivity contribution >= 4 is 27.5 Å². The van der Waals surface area contributed by atoms with Gasteiger partial charge in [0.2, 0.25) is 0 Å². The Bertz CT molecular complexity index is 305. The molecular formula is C6H2BrClF3N. The van der Waals surface area contributed by atoms with Crippen LogP contribution in [0.15, 0.2) is 10.7 Å². The molecule has 0 atom stereocenters. The average Bonchev–Trinajstić information content (AvgIpc) is 1.97. The molecule has 0 aromatic carbocycles. The molecule has 0 aliphatic heterocycles. The maximum atomic E-state index is 12.8. The molecular weight excluding hydrogens is 258 g/mol. The van der Waals surface area contributed by atoms with Gasteiger partial charge in [-0.1, -0.05) is 11.6 Å². The Morgan fingerprint density at radius 1 is 1.50 bits per heavy atom. The van der Waals surface area contributed by atoms with Crippen LogP contribution in [0.5, 0.6) is 0 Å². The number of hydrogen-bond acceptors (Lipinski definition) is 1. The summed E-state index contributed by atoms with van der Waals surface area (Å²) in [6.07, 6.45) is -1.87.